The van der Waals surface area contributed by atoms with Crippen molar-refractivity contribution in [2.75, 3.05) is 33.0 Å². The summed E-state index contributed by atoms with van der Waals surface area (Å²) in [4.78, 5) is 30.5. The van der Waals surface area contributed by atoms with Crippen molar-refractivity contribution in [2.24, 2.45) is 0 Å². The van der Waals surface area contributed by atoms with Crippen molar-refractivity contribution in [3.05, 3.63) is 25.3 Å². The number of ether oxygens (including phenoxy) is 3. The molecule has 0 aromatic rings. The van der Waals surface area contributed by atoms with E-state index < -0.39 is 11.9 Å². The van der Waals surface area contributed by atoms with E-state index in [0.717, 1.165) is 25.0 Å². The zero-order chi connectivity index (χ0) is 19.9. The lowest BCUT2D eigenvalue weighted by Gasteiger charge is -1.96. The van der Waals surface area contributed by atoms with Crippen LogP contribution in [0.25, 0.3) is 0 Å². The maximum Gasteiger partial charge on any atom is 0.330 e. The minimum atomic E-state index is -0.501. The molecule has 0 atom stereocenters. The van der Waals surface area contributed by atoms with Crippen molar-refractivity contribution >= 4 is 17.9 Å². The van der Waals surface area contributed by atoms with Gasteiger partial charge in [0, 0.05) is 32.1 Å². The summed E-state index contributed by atoms with van der Waals surface area (Å²) in [6.07, 6.45) is 4.68. The molecule has 146 valence electrons. The van der Waals surface area contributed by atoms with Gasteiger partial charge in [0.05, 0.1) is 19.8 Å². The second-order valence-electron chi connectivity index (χ2n) is 4.24. The minimum Gasteiger partial charge on any atom is -0.466 e. The number of hydrogen-bond donors (Lipinski definition) is 2. The Morgan fingerprint density at radius 1 is 0.840 bits per heavy atom. The van der Waals surface area contributed by atoms with E-state index in [2.05, 4.69) is 34.3 Å². The molecule has 0 saturated heterocycles. The van der Waals surface area contributed by atoms with E-state index in [1.165, 1.54) is 6.92 Å². The third-order valence-electron chi connectivity index (χ3n) is 2.02. The summed E-state index contributed by atoms with van der Waals surface area (Å²) in [5, 5.41) is 16.3. The zero-order valence-corrected chi connectivity index (χ0v) is 15.1. The number of carbonyl (C=O) groups excluding carboxylic acids is 3. The highest BCUT2D eigenvalue weighted by atomic mass is 16.5. The summed E-state index contributed by atoms with van der Waals surface area (Å²) in [6, 6.07) is 0. The molecular weight excluding hydrogens is 332 g/mol. The third kappa shape index (κ3) is 34.2. The van der Waals surface area contributed by atoms with Gasteiger partial charge in [0.1, 0.15) is 6.61 Å². The third-order valence-corrected chi connectivity index (χ3v) is 2.02. The van der Waals surface area contributed by atoms with Crippen LogP contribution in [0.3, 0.4) is 0 Å². The van der Waals surface area contributed by atoms with Gasteiger partial charge in [-0.05, 0) is 6.42 Å². The Hall–Kier alpha value is -2.19. The van der Waals surface area contributed by atoms with Crippen LogP contribution in [0.4, 0.5) is 0 Å². The van der Waals surface area contributed by atoms with Gasteiger partial charge in [0.2, 0.25) is 0 Å². The molecule has 0 rings (SSSR count). The summed E-state index contributed by atoms with van der Waals surface area (Å²) in [7, 11) is 0. The molecule has 25 heavy (non-hydrogen) atoms. The van der Waals surface area contributed by atoms with Gasteiger partial charge < -0.3 is 24.4 Å². The van der Waals surface area contributed by atoms with Crippen LogP contribution in [0, 0.1) is 0 Å². The van der Waals surface area contributed by atoms with E-state index >= 15 is 0 Å². The fourth-order valence-electron chi connectivity index (χ4n) is 0.862. The second-order valence-corrected chi connectivity index (χ2v) is 4.24. The van der Waals surface area contributed by atoms with Crippen LogP contribution in [-0.4, -0.2) is 61.2 Å². The van der Waals surface area contributed by atoms with Gasteiger partial charge in [-0.1, -0.05) is 26.5 Å². The molecule has 0 bridgehead atoms. The van der Waals surface area contributed by atoms with Crippen molar-refractivity contribution < 1.29 is 38.8 Å². The van der Waals surface area contributed by atoms with E-state index in [1.807, 2.05) is 0 Å². The van der Waals surface area contributed by atoms with Crippen LogP contribution in [-0.2, 0) is 28.6 Å². The number of aliphatic hydroxyl groups is 2. The Balaban J connectivity index is -0.000000291. The van der Waals surface area contributed by atoms with Gasteiger partial charge >= 0.3 is 17.9 Å². The lowest BCUT2D eigenvalue weighted by Crippen LogP contribution is -2.04. The van der Waals surface area contributed by atoms with Crippen molar-refractivity contribution in [1.82, 2.24) is 0 Å². The van der Waals surface area contributed by atoms with E-state index in [1.54, 1.807) is 0 Å². The molecule has 8 heteroatoms. The first-order valence-corrected chi connectivity index (χ1v) is 7.82. The van der Waals surface area contributed by atoms with E-state index in [9.17, 15) is 14.4 Å². The highest BCUT2D eigenvalue weighted by Crippen LogP contribution is 1.86. The molecule has 8 nitrogen and oxygen atoms in total. The van der Waals surface area contributed by atoms with Gasteiger partial charge in [-0.2, -0.15) is 0 Å². The summed E-state index contributed by atoms with van der Waals surface area (Å²) in [6.45, 7) is 10.6. The molecule has 0 aliphatic rings. The molecule has 0 spiro atoms. The standard InChI is InChI=1S/C6H10O3.C6H12O2.C5H8O3/c1-2-6(8)9-5-3-4-7;1-3-4-5-8-6(2)7;1-2-5(7)8-4-3-6/h2,7H,1,3-5H2;3-5H2,1-2H3;2,6H,1,3-4H2. The van der Waals surface area contributed by atoms with Gasteiger partial charge in [0.25, 0.3) is 0 Å². The highest BCUT2D eigenvalue weighted by Gasteiger charge is 1.92. The summed E-state index contributed by atoms with van der Waals surface area (Å²) in [5.41, 5.74) is 0. The molecule has 0 aromatic heterocycles. The average Bonchev–Trinajstić information content (AvgIpc) is 2.60. The summed E-state index contributed by atoms with van der Waals surface area (Å²) in [5.74, 6) is -1.12. The van der Waals surface area contributed by atoms with Crippen LogP contribution in [0.15, 0.2) is 25.3 Å². The molecule has 0 radical (unpaired) electrons. The van der Waals surface area contributed by atoms with Gasteiger partial charge in [-0.15, -0.1) is 0 Å². The van der Waals surface area contributed by atoms with Gasteiger partial charge in [-0.3, -0.25) is 4.79 Å². The summed E-state index contributed by atoms with van der Waals surface area (Å²) < 4.78 is 13.5. The first-order valence-electron chi connectivity index (χ1n) is 7.82. The van der Waals surface area contributed by atoms with Gasteiger partial charge in [0.15, 0.2) is 0 Å². The molecule has 0 aliphatic heterocycles. The largest absolute Gasteiger partial charge is 0.466 e. The molecule has 0 heterocycles. The number of hydrogen-bond acceptors (Lipinski definition) is 8. The molecule has 0 aromatic carbocycles. The van der Waals surface area contributed by atoms with Crippen molar-refractivity contribution in [3.8, 4) is 0 Å². The maximum atomic E-state index is 10.3. The Kier molecular flexibility index (Phi) is 26.6. The van der Waals surface area contributed by atoms with Crippen molar-refractivity contribution in [2.45, 2.75) is 33.1 Å². The number of carbonyl (C=O) groups is 3. The molecule has 0 fully saturated rings. The van der Waals surface area contributed by atoms with Crippen LogP contribution in [0.5, 0.6) is 0 Å². The summed E-state index contributed by atoms with van der Waals surface area (Å²) >= 11 is 0. The predicted molar refractivity (Wildman–Crippen MR) is 92.6 cm³/mol. The van der Waals surface area contributed by atoms with E-state index in [0.29, 0.717) is 13.0 Å². The van der Waals surface area contributed by atoms with Crippen molar-refractivity contribution in [1.29, 1.82) is 0 Å². The molecular formula is C17H30O8. The van der Waals surface area contributed by atoms with Crippen LogP contribution in [0.2, 0.25) is 0 Å². The molecule has 0 aliphatic carbocycles. The molecule has 0 unspecified atom stereocenters. The average molecular weight is 362 g/mol. The topological polar surface area (TPSA) is 119 Å². The molecule has 0 saturated carbocycles. The Morgan fingerprint density at radius 3 is 1.68 bits per heavy atom. The fraction of sp³-hybridized carbons (Fsp3) is 0.588. The van der Waals surface area contributed by atoms with Crippen LogP contribution >= 0.6 is 0 Å². The Bertz CT molecular complexity index is 366. The number of aliphatic hydroxyl groups excluding tert-OH is 2. The lowest BCUT2D eigenvalue weighted by molar-refractivity contribution is -0.141. The normalized spacial score (nSPS) is 8.48. The quantitative estimate of drug-likeness (QED) is 0.257. The smallest absolute Gasteiger partial charge is 0.330 e. The molecule has 0 amide bonds. The highest BCUT2D eigenvalue weighted by molar-refractivity contribution is 5.81. The van der Waals surface area contributed by atoms with Crippen molar-refractivity contribution in [3.63, 3.8) is 0 Å². The van der Waals surface area contributed by atoms with E-state index in [4.69, 9.17) is 10.2 Å². The van der Waals surface area contributed by atoms with Crippen LogP contribution in [0.1, 0.15) is 33.1 Å². The first kappa shape index (κ1) is 27.6. The lowest BCUT2D eigenvalue weighted by atomic mass is 10.4. The predicted octanol–water partition coefficient (Wildman–Crippen LogP) is 1.16. The number of rotatable bonds is 10. The van der Waals surface area contributed by atoms with Gasteiger partial charge in [-0.25, -0.2) is 9.59 Å². The monoisotopic (exact) mass is 362 g/mol. The number of unbranched alkanes of at least 4 members (excludes halogenated alkanes) is 1. The second kappa shape index (κ2) is 24.1. The fourth-order valence-corrected chi connectivity index (χ4v) is 0.862. The number of esters is 3. The zero-order valence-electron chi connectivity index (χ0n) is 15.1. The Labute approximate surface area is 149 Å². The van der Waals surface area contributed by atoms with E-state index in [-0.39, 0.29) is 32.4 Å². The SMILES string of the molecule is C=CC(=O)OCCCO.C=CC(=O)OCCO.CCCCOC(C)=O. The van der Waals surface area contributed by atoms with Crippen LogP contribution < -0.4 is 0 Å². The first-order chi connectivity index (χ1) is 11.9. The maximum absolute atomic E-state index is 10.3. The molecule has 2 N–H and O–H groups in total. The Morgan fingerprint density at radius 2 is 1.32 bits per heavy atom. The minimum absolute atomic E-state index is 0.0461.